The van der Waals surface area contributed by atoms with E-state index in [0.29, 0.717) is 0 Å². The van der Waals surface area contributed by atoms with Gasteiger partial charge in [0.15, 0.2) is 0 Å². The zero-order valence-electron chi connectivity index (χ0n) is 11.1. The summed E-state index contributed by atoms with van der Waals surface area (Å²) in [4.78, 5) is 16.3. The van der Waals surface area contributed by atoms with Crippen LogP contribution in [-0.4, -0.2) is 20.7 Å². The monoisotopic (exact) mass is 322 g/mol. The highest BCUT2D eigenvalue weighted by atomic mass is 79.9. The molecule has 2 heterocycles. The van der Waals surface area contributed by atoms with E-state index in [1.165, 1.54) is 0 Å². The molecular weight excluding hydrogens is 308 g/mol. The molecule has 0 unspecified atom stereocenters. The lowest BCUT2D eigenvalue weighted by Crippen LogP contribution is -2.20. The van der Waals surface area contributed by atoms with Gasteiger partial charge < -0.3 is 5.32 Å². The number of anilines is 1. The molecule has 19 heavy (non-hydrogen) atoms. The molecule has 0 aliphatic rings. The Morgan fingerprint density at radius 1 is 1.42 bits per heavy atom. The number of nitrogens with one attached hydrogen (secondary N) is 1. The second-order valence-corrected chi connectivity index (χ2v) is 5.36. The predicted molar refractivity (Wildman–Crippen MR) is 77.0 cm³/mol. The van der Waals surface area contributed by atoms with Crippen molar-refractivity contribution < 1.29 is 4.79 Å². The Labute approximate surface area is 120 Å². The molecule has 0 atom stereocenters. The van der Waals surface area contributed by atoms with E-state index in [1.807, 2.05) is 26.8 Å². The summed E-state index contributed by atoms with van der Waals surface area (Å²) < 4.78 is 2.43. The van der Waals surface area contributed by atoms with E-state index in [2.05, 4.69) is 31.3 Å². The van der Waals surface area contributed by atoms with E-state index in [4.69, 9.17) is 0 Å². The first-order valence-corrected chi connectivity index (χ1v) is 6.67. The van der Waals surface area contributed by atoms with Crippen LogP contribution in [0.15, 0.2) is 22.9 Å². The van der Waals surface area contributed by atoms with Crippen LogP contribution in [0, 0.1) is 20.8 Å². The summed E-state index contributed by atoms with van der Waals surface area (Å²) in [5, 5.41) is 6.94. The number of halogens is 1. The first-order valence-electron chi connectivity index (χ1n) is 5.88. The number of pyridine rings is 1. The minimum atomic E-state index is -0.118. The average Bonchev–Trinajstić information content (AvgIpc) is 2.69. The molecule has 2 aromatic heterocycles. The molecule has 0 aliphatic heterocycles. The molecule has 6 heteroatoms. The first-order chi connectivity index (χ1) is 8.95. The maximum Gasteiger partial charge on any atom is 0.246 e. The molecule has 0 saturated carbocycles. The summed E-state index contributed by atoms with van der Waals surface area (Å²) >= 11 is 3.30. The van der Waals surface area contributed by atoms with Crippen LogP contribution >= 0.6 is 15.9 Å². The first kappa shape index (κ1) is 13.7. The molecule has 0 bridgehead atoms. The highest BCUT2D eigenvalue weighted by Crippen LogP contribution is 2.19. The third-order valence-electron chi connectivity index (χ3n) is 2.70. The van der Waals surface area contributed by atoms with Gasteiger partial charge in [-0.25, -0.2) is 0 Å². The van der Waals surface area contributed by atoms with Gasteiger partial charge in [-0.3, -0.25) is 14.5 Å². The van der Waals surface area contributed by atoms with Crippen molar-refractivity contribution in [1.29, 1.82) is 0 Å². The molecule has 0 radical (unpaired) electrons. The number of amides is 1. The third kappa shape index (κ3) is 3.41. The molecular formula is C13H15BrN4O. The topological polar surface area (TPSA) is 59.8 Å². The molecule has 1 amide bonds. The Kier molecular flexibility index (Phi) is 3.99. The van der Waals surface area contributed by atoms with Gasteiger partial charge in [-0.15, -0.1) is 0 Å². The molecule has 0 aromatic carbocycles. The summed E-state index contributed by atoms with van der Waals surface area (Å²) in [6, 6.07) is 1.95. The quantitative estimate of drug-likeness (QED) is 0.944. The largest absolute Gasteiger partial charge is 0.323 e. The van der Waals surface area contributed by atoms with Crippen LogP contribution in [0.3, 0.4) is 0 Å². The molecule has 2 rings (SSSR count). The average molecular weight is 323 g/mol. The molecule has 0 saturated heterocycles. The molecule has 0 aliphatic carbocycles. The fourth-order valence-corrected chi connectivity index (χ4v) is 2.29. The van der Waals surface area contributed by atoms with Crippen molar-refractivity contribution >= 4 is 27.5 Å². The Bertz CT molecular complexity index is 598. The van der Waals surface area contributed by atoms with Crippen molar-refractivity contribution in [3.05, 3.63) is 39.9 Å². The molecule has 0 fully saturated rings. The maximum absolute atomic E-state index is 12.0. The van der Waals surface area contributed by atoms with Crippen molar-refractivity contribution in [2.24, 2.45) is 0 Å². The van der Waals surface area contributed by atoms with Crippen LogP contribution in [0.1, 0.15) is 17.0 Å². The van der Waals surface area contributed by atoms with Gasteiger partial charge in [0, 0.05) is 11.9 Å². The van der Waals surface area contributed by atoms with E-state index < -0.39 is 0 Å². The standard InChI is InChI=1S/C13H15BrN4O/c1-8-4-9(2)16-10(3)13(8)17-12(19)7-18-6-11(14)5-15-18/h4-6H,7H2,1-3H3,(H,17,19). The molecule has 0 spiro atoms. The minimum absolute atomic E-state index is 0.118. The van der Waals surface area contributed by atoms with Crippen LogP contribution in [0.2, 0.25) is 0 Å². The van der Waals surface area contributed by atoms with Crippen LogP contribution in [0.4, 0.5) is 5.69 Å². The molecule has 5 nitrogen and oxygen atoms in total. The summed E-state index contributed by atoms with van der Waals surface area (Å²) in [5.74, 6) is -0.118. The van der Waals surface area contributed by atoms with Gasteiger partial charge >= 0.3 is 0 Å². The van der Waals surface area contributed by atoms with Crippen LogP contribution in [-0.2, 0) is 11.3 Å². The van der Waals surface area contributed by atoms with Gasteiger partial charge in [0.2, 0.25) is 5.91 Å². The number of carbonyl (C=O) groups is 1. The minimum Gasteiger partial charge on any atom is -0.323 e. The summed E-state index contributed by atoms with van der Waals surface area (Å²) in [7, 11) is 0. The lowest BCUT2D eigenvalue weighted by Gasteiger charge is -2.12. The highest BCUT2D eigenvalue weighted by molar-refractivity contribution is 9.10. The van der Waals surface area contributed by atoms with Crippen molar-refractivity contribution in [2.45, 2.75) is 27.3 Å². The number of carbonyl (C=O) groups excluding carboxylic acids is 1. The Morgan fingerprint density at radius 3 is 2.74 bits per heavy atom. The summed E-state index contributed by atoms with van der Waals surface area (Å²) in [5.41, 5.74) is 3.57. The Morgan fingerprint density at radius 2 is 2.16 bits per heavy atom. The van der Waals surface area contributed by atoms with E-state index in [9.17, 15) is 4.79 Å². The van der Waals surface area contributed by atoms with Gasteiger partial charge in [-0.05, 0) is 48.3 Å². The fourth-order valence-electron chi connectivity index (χ4n) is 1.96. The number of hydrogen-bond acceptors (Lipinski definition) is 3. The normalized spacial score (nSPS) is 10.5. The van der Waals surface area contributed by atoms with Crippen LogP contribution < -0.4 is 5.32 Å². The van der Waals surface area contributed by atoms with Gasteiger partial charge in [-0.2, -0.15) is 5.10 Å². The second-order valence-electron chi connectivity index (χ2n) is 4.45. The number of hydrogen-bond donors (Lipinski definition) is 1. The molecule has 100 valence electrons. The summed E-state index contributed by atoms with van der Waals surface area (Å²) in [6.07, 6.45) is 3.41. The number of rotatable bonds is 3. The second kappa shape index (κ2) is 5.52. The Hall–Kier alpha value is -1.69. The lowest BCUT2D eigenvalue weighted by atomic mass is 10.1. The van der Waals surface area contributed by atoms with Gasteiger partial charge in [0.25, 0.3) is 0 Å². The van der Waals surface area contributed by atoms with Crippen LogP contribution in [0.25, 0.3) is 0 Å². The highest BCUT2D eigenvalue weighted by Gasteiger charge is 2.10. The van der Waals surface area contributed by atoms with Gasteiger partial charge in [0.05, 0.1) is 22.1 Å². The van der Waals surface area contributed by atoms with Crippen molar-refractivity contribution in [2.75, 3.05) is 5.32 Å². The molecule has 1 N–H and O–H groups in total. The van der Waals surface area contributed by atoms with Gasteiger partial charge in [0.1, 0.15) is 6.54 Å². The Balaban J connectivity index is 2.11. The zero-order valence-corrected chi connectivity index (χ0v) is 12.7. The van der Waals surface area contributed by atoms with Crippen LogP contribution in [0.5, 0.6) is 0 Å². The van der Waals surface area contributed by atoms with Crippen molar-refractivity contribution in [3.8, 4) is 0 Å². The SMILES string of the molecule is Cc1cc(C)c(NC(=O)Cn2cc(Br)cn2)c(C)n1. The lowest BCUT2D eigenvalue weighted by molar-refractivity contribution is -0.116. The van der Waals surface area contributed by atoms with E-state index in [1.54, 1.807) is 17.1 Å². The van der Waals surface area contributed by atoms with Crippen molar-refractivity contribution in [1.82, 2.24) is 14.8 Å². The predicted octanol–water partition coefficient (Wildman–Crippen LogP) is 2.60. The number of nitrogens with zero attached hydrogens (tertiary/aromatic N) is 3. The molecule has 2 aromatic rings. The van der Waals surface area contributed by atoms with Crippen molar-refractivity contribution in [3.63, 3.8) is 0 Å². The third-order valence-corrected chi connectivity index (χ3v) is 3.11. The number of aromatic nitrogens is 3. The maximum atomic E-state index is 12.0. The van der Waals surface area contributed by atoms with E-state index >= 15 is 0 Å². The number of aryl methyl sites for hydroxylation is 3. The smallest absolute Gasteiger partial charge is 0.246 e. The zero-order chi connectivity index (χ0) is 14.0. The van der Waals surface area contributed by atoms with E-state index in [-0.39, 0.29) is 12.5 Å². The summed E-state index contributed by atoms with van der Waals surface area (Å²) in [6.45, 7) is 5.97. The fraction of sp³-hybridized carbons (Fsp3) is 0.308. The van der Waals surface area contributed by atoms with Gasteiger partial charge in [-0.1, -0.05) is 0 Å². The van der Waals surface area contributed by atoms with E-state index in [0.717, 1.165) is 27.1 Å².